The number of anilines is 2. The van der Waals surface area contributed by atoms with Crippen LogP contribution in [0, 0.1) is 32.1 Å². The summed E-state index contributed by atoms with van der Waals surface area (Å²) < 4.78 is 5.63. The molecule has 5 heteroatoms. The normalized spacial score (nSPS) is 10.3. The molecule has 0 fully saturated rings. The molecule has 114 valence electrons. The maximum atomic E-state index is 9.30. The highest BCUT2D eigenvalue weighted by molar-refractivity contribution is 5.67. The molecular weight excluding hydrogens is 288 g/mol. The van der Waals surface area contributed by atoms with Crippen LogP contribution in [0.15, 0.2) is 40.8 Å². The first-order valence-corrected chi connectivity index (χ1v) is 7.26. The Kier molecular flexibility index (Phi) is 3.82. The van der Waals surface area contributed by atoms with Gasteiger partial charge in [-0.1, -0.05) is 30.3 Å². The fraction of sp³-hybridized carbons (Fsp3) is 0.167. The third kappa shape index (κ3) is 2.92. The lowest BCUT2D eigenvalue weighted by Gasteiger charge is -2.07. The monoisotopic (exact) mass is 304 g/mol. The van der Waals surface area contributed by atoms with Crippen molar-refractivity contribution in [1.29, 1.82) is 5.26 Å². The van der Waals surface area contributed by atoms with E-state index in [1.807, 2.05) is 57.2 Å². The predicted octanol–water partition coefficient (Wildman–Crippen LogP) is 4.28. The van der Waals surface area contributed by atoms with Crippen molar-refractivity contribution in [2.24, 2.45) is 0 Å². The van der Waals surface area contributed by atoms with Crippen LogP contribution >= 0.6 is 0 Å². The Morgan fingerprint density at radius 2 is 1.83 bits per heavy atom. The number of hydrogen-bond donors (Lipinski definition) is 1. The summed E-state index contributed by atoms with van der Waals surface area (Å²) >= 11 is 0. The highest BCUT2D eigenvalue weighted by Gasteiger charge is 2.15. The van der Waals surface area contributed by atoms with Crippen LogP contribution in [0.3, 0.4) is 0 Å². The first kappa shape index (κ1) is 14.8. The van der Waals surface area contributed by atoms with Crippen LogP contribution < -0.4 is 5.32 Å². The minimum Gasteiger partial charge on any atom is -0.444 e. The van der Waals surface area contributed by atoms with Crippen LogP contribution in [-0.4, -0.2) is 9.97 Å². The van der Waals surface area contributed by atoms with E-state index in [2.05, 4.69) is 21.4 Å². The lowest BCUT2D eigenvalue weighted by Crippen LogP contribution is -1.99. The summed E-state index contributed by atoms with van der Waals surface area (Å²) in [6.45, 7) is 5.53. The number of aromatic nitrogens is 2. The van der Waals surface area contributed by atoms with E-state index in [9.17, 15) is 5.26 Å². The van der Waals surface area contributed by atoms with Crippen LogP contribution in [-0.2, 0) is 0 Å². The second kappa shape index (κ2) is 5.93. The van der Waals surface area contributed by atoms with Gasteiger partial charge in [0.1, 0.15) is 29.0 Å². The fourth-order valence-corrected chi connectivity index (χ4v) is 2.35. The smallest absolute Gasteiger partial charge is 0.216 e. The molecule has 0 radical (unpaired) electrons. The Hall–Kier alpha value is -3.13. The van der Waals surface area contributed by atoms with E-state index in [4.69, 9.17) is 4.42 Å². The molecule has 0 aliphatic rings. The average Bonchev–Trinajstić information content (AvgIpc) is 2.81. The van der Waals surface area contributed by atoms with Crippen molar-refractivity contribution in [3.63, 3.8) is 0 Å². The van der Waals surface area contributed by atoms with Crippen molar-refractivity contribution < 1.29 is 4.42 Å². The maximum absolute atomic E-state index is 9.30. The highest BCUT2D eigenvalue weighted by atomic mass is 16.4. The van der Waals surface area contributed by atoms with E-state index in [1.165, 1.54) is 0 Å². The maximum Gasteiger partial charge on any atom is 0.216 e. The van der Waals surface area contributed by atoms with Crippen LogP contribution in [0.5, 0.6) is 0 Å². The number of aryl methyl sites for hydroxylation is 2. The second-order valence-electron chi connectivity index (χ2n) is 5.28. The Balaban J connectivity index is 2.00. The van der Waals surface area contributed by atoms with Gasteiger partial charge in [-0.3, -0.25) is 0 Å². The Labute approximate surface area is 134 Å². The third-order valence-electron chi connectivity index (χ3n) is 3.65. The zero-order valence-corrected chi connectivity index (χ0v) is 13.2. The molecule has 3 rings (SSSR count). The van der Waals surface area contributed by atoms with Crippen LogP contribution in [0.1, 0.15) is 22.7 Å². The Morgan fingerprint density at radius 1 is 1.09 bits per heavy atom. The zero-order chi connectivity index (χ0) is 16.4. The van der Waals surface area contributed by atoms with Gasteiger partial charge in [-0.15, -0.1) is 0 Å². The molecule has 0 amide bonds. The summed E-state index contributed by atoms with van der Waals surface area (Å²) in [5, 5.41) is 12.4. The second-order valence-corrected chi connectivity index (χ2v) is 5.28. The molecule has 0 unspecified atom stereocenters. The van der Waals surface area contributed by atoms with Gasteiger partial charge >= 0.3 is 0 Å². The predicted molar refractivity (Wildman–Crippen MR) is 88.4 cm³/mol. The molecule has 0 bridgehead atoms. The largest absolute Gasteiger partial charge is 0.444 e. The van der Waals surface area contributed by atoms with Gasteiger partial charge < -0.3 is 9.73 Å². The SMILES string of the molecule is Cc1nc(Nc2oc(C)c(C)c2C#N)cc(-c2ccccc2)n1. The van der Waals surface area contributed by atoms with Gasteiger partial charge in [0, 0.05) is 17.2 Å². The van der Waals surface area contributed by atoms with Gasteiger partial charge in [-0.05, 0) is 20.8 Å². The molecule has 2 heterocycles. The molecule has 0 spiro atoms. The van der Waals surface area contributed by atoms with Crippen molar-refractivity contribution in [1.82, 2.24) is 9.97 Å². The van der Waals surface area contributed by atoms with Gasteiger partial charge in [-0.2, -0.15) is 5.26 Å². The summed E-state index contributed by atoms with van der Waals surface area (Å²) in [5.74, 6) is 2.38. The van der Waals surface area contributed by atoms with Crippen LogP contribution in [0.4, 0.5) is 11.7 Å². The van der Waals surface area contributed by atoms with Gasteiger partial charge in [0.25, 0.3) is 0 Å². The summed E-state index contributed by atoms with van der Waals surface area (Å²) in [4.78, 5) is 8.84. The average molecular weight is 304 g/mol. The molecule has 0 saturated carbocycles. The number of hydrogen-bond acceptors (Lipinski definition) is 5. The van der Waals surface area contributed by atoms with E-state index >= 15 is 0 Å². The van der Waals surface area contributed by atoms with Crippen LogP contribution in [0.2, 0.25) is 0 Å². The first-order chi connectivity index (χ1) is 11.1. The number of nitrogens with one attached hydrogen (secondary N) is 1. The highest BCUT2D eigenvalue weighted by Crippen LogP contribution is 2.29. The lowest BCUT2D eigenvalue weighted by atomic mass is 10.1. The van der Waals surface area contributed by atoms with Gasteiger partial charge in [0.2, 0.25) is 5.88 Å². The topological polar surface area (TPSA) is 74.7 Å². The number of nitrogens with zero attached hydrogens (tertiary/aromatic N) is 3. The molecule has 0 aliphatic carbocycles. The fourth-order valence-electron chi connectivity index (χ4n) is 2.35. The Bertz CT molecular complexity index is 891. The van der Waals surface area contributed by atoms with Gasteiger partial charge in [0.15, 0.2) is 0 Å². The minimum absolute atomic E-state index is 0.416. The molecule has 3 aromatic rings. The third-order valence-corrected chi connectivity index (χ3v) is 3.65. The van der Waals surface area contributed by atoms with Crippen molar-refractivity contribution in [3.8, 4) is 17.3 Å². The summed E-state index contributed by atoms with van der Waals surface area (Å²) in [6, 6.07) is 13.9. The van der Waals surface area contributed by atoms with Crippen molar-refractivity contribution in [2.45, 2.75) is 20.8 Å². The summed E-state index contributed by atoms with van der Waals surface area (Å²) in [7, 11) is 0. The molecular formula is C18H16N4O. The van der Waals surface area contributed by atoms with Crippen molar-refractivity contribution in [3.05, 3.63) is 59.1 Å². The van der Waals surface area contributed by atoms with E-state index in [-0.39, 0.29) is 0 Å². The molecule has 1 N–H and O–H groups in total. The van der Waals surface area contributed by atoms with Gasteiger partial charge in [-0.25, -0.2) is 9.97 Å². The van der Waals surface area contributed by atoms with E-state index in [1.54, 1.807) is 0 Å². The molecule has 0 aliphatic heterocycles. The van der Waals surface area contributed by atoms with E-state index in [0.717, 1.165) is 22.6 Å². The Morgan fingerprint density at radius 3 is 2.52 bits per heavy atom. The van der Waals surface area contributed by atoms with Crippen molar-refractivity contribution in [2.75, 3.05) is 5.32 Å². The van der Waals surface area contributed by atoms with Crippen LogP contribution in [0.25, 0.3) is 11.3 Å². The number of rotatable bonds is 3. The van der Waals surface area contributed by atoms with E-state index < -0.39 is 0 Å². The minimum atomic E-state index is 0.416. The lowest BCUT2D eigenvalue weighted by molar-refractivity contribution is 0.548. The quantitative estimate of drug-likeness (QED) is 0.781. The summed E-state index contributed by atoms with van der Waals surface area (Å²) in [6.07, 6.45) is 0. The van der Waals surface area contributed by atoms with E-state index in [0.29, 0.717) is 23.1 Å². The molecule has 0 saturated heterocycles. The standard InChI is InChI=1S/C18H16N4O/c1-11-12(2)23-18(15(11)10-19)22-17-9-16(20-13(3)21-17)14-7-5-4-6-8-14/h4-9H,1-3H3,(H,20,21,22). The zero-order valence-electron chi connectivity index (χ0n) is 13.2. The molecule has 5 nitrogen and oxygen atoms in total. The number of benzene rings is 1. The molecule has 23 heavy (non-hydrogen) atoms. The first-order valence-electron chi connectivity index (χ1n) is 7.26. The number of furan rings is 1. The van der Waals surface area contributed by atoms with Crippen molar-refractivity contribution >= 4 is 11.7 Å². The molecule has 1 aromatic carbocycles. The van der Waals surface area contributed by atoms with Gasteiger partial charge in [0.05, 0.1) is 5.69 Å². The summed E-state index contributed by atoms with van der Waals surface area (Å²) in [5.41, 5.74) is 3.16. The number of nitriles is 1. The molecule has 0 atom stereocenters. The molecule has 2 aromatic heterocycles.